The topological polar surface area (TPSA) is 64.6 Å². The minimum atomic E-state index is -0.503. The van der Waals surface area contributed by atoms with E-state index >= 15 is 0 Å². The Morgan fingerprint density at radius 3 is 2.13 bits per heavy atom. The Morgan fingerprint density at radius 1 is 1.03 bits per heavy atom. The molecule has 0 heterocycles. The van der Waals surface area contributed by atoms with E-state index in [-0.39, 0.29) is 31.0 Å². The zero-order chi connectivity index (χ0) is 21.7. The number of halogens is 1. The van der Waals surface area contributed by atoms with E-state index in [9.17, 15) is 9.59 Å². The summed E-state index contributed by atoms with van der Waals surface area (Å²) in [5.41, 5.74) is 4.26. The summed E-state index contributed by atoms with van der Waals surface area (Å²) in [5, 5.41) is 2.88. The zero-order valence-electron chi connectivity index (χ0n) is 17.6. The van der Waals surface area contributed by atoms with Crippen molar-refractivity contribution in [3.63, 3.8) is 0 Å². The van der Waals surface area contributed by atoms with Crippen LogP contribution in [0.2, 0.25) is 0 Å². The molecule has 160 valence electrons. The maximum atomic E-state index is 12.4. The van der Waals surface area contributed by atoms with Gasteiger partial charge in [-0.1, -0.05) is 71.1 Å². The van der Waals surface area contributed by atoms with Gasteiger partial charge in [-0.15, -0.1) is 0 Å². The van der Waals surface area contributed by atoms with Crippen LogP contribution in [-0.4, -0.2) is 34.7 Å². The summed E-state index contributed by atoms with van der Waals surface area (Å²) in [4.78, 5) is 24.3. The number of amides is 1. The number of hydrogen-bond donors (Lipinski definition) is 1. The fraction of sp³-hybridized carbons (Fsp3) is 0.417. The van der Waals surface area contributed by atoms with Gasteiger partial charge in [-0.25, -0.2) is 4.79 Å². The summed E-state index contributed by atoms with van der Waals surface area (Å²) >= 11 is 2.20. The third-order valence-electron chi connectivity index (χ3n) is 4.97. The van der Waals surface area contributed by atoms with Gasteiger partial charge in [0, 0.05) is 22.8 Å². The third kappa shape index (κ3) is 5.74. The van der Waals surface area contributed by atoms with Crippen LogP contribution in [0.25, 0.3) is 11.1 Å². The Kier molecular flexibility index (Phi) is 7.39. The van der Waals surface area contributed by atoms with E-state index in [0.29, 0.717) is 10.8 Å². The molecule has 1 amide bonds. The van der Waals surface area contributed by atoms with Crippen molar-refractivity contribution in [3.05, 3.63) is 59.7 Å². The van der Waals surface area contributed by atoms with Crippen LogP contribution in [0, 0.1) is 0 Å². The Morgan fingerprint density at radius 2 is 1.60 bits per heavy atom. The lowest BCUT2D eigenvalue weighted by Crippen LogP contribution is -2.37. The van der Waals surface area contributed by atoms with Gasteiger partial charge in [0.05, 0.1) is 0 Å². The highest BCUT2D eigenvalue weighted by Gasteiger charge is 2.29. The number of rotatable bonds is 7. The fourth-order valence-electron chi connectivity index (χ4n) is 3.68. The van der Waals surface area contributed by atoms with Gasteiger partial charge in [0.2, 0.25) is 0 Å². The first-order chi connectivity index (χ1) is 14.3. The number of hydrogen-bond acceptors (Lipinski definition) is 4. The highest BCUT2D eigenvalue weighted by molar-refractivity contribution is 14.1. The van der Waals surface area contributed by atoms with Crippen molar-refractivity contribution in [3.8, 4) is 11.1 Å². The molecule has 0 fully saturated rings. The van der Waals surface area contributed by atoms with Gasteiger partial charge in [-0.3, -0.25) is 4.79 Å². The van der Waals surface area contributed by atoms with E-state index in [4.69, 9.17) is 9.47 Å². The number of benzene rings is 2. The fourth-order valence-corrected chi connectivity index (χ4v) is 4.34. The van der Waals surface area contributed by atoms with E-state index in [0.717, 1.165) is 0 Å². The van der Waals surface area contributed by atoms with Crippen LogP contribution in [0.4, 0.5) is 4.79 Å². The molecule has 0 saturated carbocycles. The number of carbonyl (C=O) groups excluding carboxylic acids is 2. The summed E-state index contributed by atoms with van der Waals surface area (Å²) in [6, 6.07) is 16.3. The second-order valence-electron chi connectivity index (χ2n) is 8.45. The normalized spacial score (nSPS) is 13.9. The van der Waals surface area contributed by atoms with Gasteiger partial charge in [-0.2, -0.15) is 0 Å². The van der Waals surface area contributed by atoms with Crippen LogP contribution < -0.4 is 5.32 Å². The molecular formula is C24H28INO4. The second kappa shape index (κ2) is 9.81. The van der Waals surface area contributed by atoms with Gasteiger partial charge in [0.1, 0.15) is 12.2 Å². The average Bonchev–Trinajstić information content (AvgIpc) is 3.02. The molecule has 0 aromatic heterocycles. The van der Waals surface area contributed by atoms with Crippen LogP contribution >= 0.6 is 22.6 Å². The summed E-state index contributed by atoms with van der Waals surface area (Å²) in [7, 11) is 0. The maximum absolute atomic E-state index is 12.4. The van der Waals surface area contributed by atoms with Gasteiger partial charge < -0.3 is 14.8 Å². The number of carbonyl (C=O) groups is 2. The van der Waals surface area contributed by atoms with Crippen LogP contribution in [0.15, 0.2) is 48.5 Å². The maximum Gasteiger partial charge on any atom is 0.407 e. The van der Waals surface area contributed by atoms with Crippen molar-refractivity contribution in [1.29, 1.82) is 0 Å². The van der Waals surface area contributed by atoms with E-state index in [1.807, 2.05) is 45.0 Å². The SMILES string of the molecule is CC(C)(C)OC(=O)CC[C@@H](CI)NC(=O)OCC1c2ccccc2-c2ccccc21. The third-order valence-corrected chi connectivity index (χ3v) is 6.03. The molecule has 0 unspecified atom stereocenters. The van der Waals surface area contributed by atoms with Crippen LogP contribution in [0.3, 0.4) is 0 Å². The van der Waals surface area contributed by atoms with Crippen molar-refractivity contribution in [2.75, 3.05) is 11.0 Å². The molecule has 0 radical (unpaired) electrons. The van der Waals surface area contributed by atoms with E-state index in [2.05, 4.69) is 52.2 Å². The van der Waals surface area contributed by atoms with Gasteiger partial charge in [0.15, 0.2) is 0 Å². The molecule has 2 aromatic carbocycles. The molecule has 5 nitrogen and oxygen atoms in total. The monoisotopic (exact) mass is 521 g/mol. The number of ether oxygens (including phenoxy) is 2. The molecule has 0 spiro atoms. The molecule has 30 heavy (non-hydrogen) atoms. The van der Waals surface area contributed by atoms with Crippen LogP contribution in [0.5, 0.6) is 0 Å². The van der Waals surface area contributed by atoms with Gasteiger partial charge >= 0.3 is 12.1 Å². The number of alkyl halides is 1. The summed E-state index contributed by atoms with van der Waals surface area (Å²) in [6.07, 6.45) is 0.319. The van der Waals surface area contributed by atoms with E-state index in [1.165, 1.54) is 22.3 Å². The van der Waals surface area contributed by atoms with Crippen molar-refractivity contribution >= 4 is 34.7 Å². The smallest absolute Gasteiger partial charge is 0.407 e. The first kappa shape index (κ1) is 22.6. The molecule has 1 aliphatic carbocycles. The lowest BCUT2D eigenvalue weighted by Gasteiger charge is -2.21. The highest BCUT2D eigenvalue weighted by atomic mass is 127. The van der Waals surface area contributed by atoms with Gasteiger partial charge in [-0.05, 0) is 49.4 Å². The van der Waals surface area contributed by atoms with Crippen LogP contribution in [0.1, 0.15) is 50.7 Å². The summed E-state index contributed by atoms with van der Waals surface area (Å²) in [6.45, 7) is 5.81. The molecular weight excluding hydrogens is 493 g/mol. The Labute approximate surface area is 191 Å². The standard InChI is InChI=1S/C24H28INO4/c1-24(2,3)30-22(27)13-12-16(14-25)26-23(28)29-15-21-19-10-6-4-8-17(19)18-9-5-7-11-20(18)21/h4-11,16,21H,12-15H2,1-3H3,(H,26,28)/t16-/m0/s1. The Bertz CT molecular complexity index is 861. The number of nitrogens with one attached hydrogen (secondary N) is 1. The lowest BCUT2D eigenvalue weighted by molar-refractivity contribution is -0.155. The zero-order valence-corrected chi connectivity index (χ0v) is 19.8. The minimum absolute atomic E-state index is 0.0305. The second-order valence-corrected chi connectivity index (χ2v) is 9.33. The quantitative estimate of drug-likeness (QED) is 0.299. The van der Waals surface area contributed by atoms with Crippen molar-refractivity contribution in [2.24, 2.45) is 0 Å². The van der Waals surface area contributed by atoms with Crippen molar-refractivity contribution in [2.45, 2.75) is 51.2 Å². The Balaban J connectivity index is 1.55. The average molecular weight is 521 g/mol. The van der Waals surface area contributed by atoms with Crippen LogP contribution in [-0.2, 0) is 14.3 Å². The number of fused-ring (bicyclic) bond motifs is 3. The number of esters is 1. The molecule has 6 heteroatoms. The molecule has 0 saturated heterocycles. The first-order valence-corrected chi connectivity index (χ1v) is 11.7. The molecule has 2 aromatic rings. The molecule has 1 N–H and O–H groups in total. The largest absolute Gasteiger partial charge is 0.460 e. The predicted molar refractivity (Wildman–Crippen MR) is 126 cm³/mol. The Hall–Kier alpha value is -2.09. The van der Waals surface area contributed by atoms with Crippen molar-refractivity contribution in [1.82, 2.24) is 5.32 Å². The lowest BCUT2D eigenvalue weighted by atomic mass is 9.98. The molecule has 3 rings (SSSR count). The summed E-state index contributed by atoms with van der Waals surface area (Å²) < 4.78 is 11.6. The summed E-state index contributed by atoms with van der Waals surface area (Å²) in [5.74, 6) is -0.227. The molecule has 0 bridgehead atoms. The molecule has 1 aliphatic rings. The van der Waals surface area contributed by atoms with Gasteiger partial charge in [0.25, 0.3) is 0 Å². The molecule has 0 aliphatic heterocycles. The number of alkyl carbamates (subject to hydrolysis) is 1. The first-order valence-electron chi connectivity index (χ1n) is 10.2. The van der Waals surface area contributed by atoms with E-state index < -0.39 is 11.7 Å². The minimum Gasteiger partial charge on any atom is -0.460 e. The highest BCUT2D eigenvalue weighted by Crippen LogP contribution is 2.44. The van der Waals surface area contributed by atoms with E-state index in [1.54, 1.807) is 0 Å². The molecule has 1 atom stereocenters. The predicted octanol–water partition coefficient (Wildman–Crippen LogP) is 5.45. The van der Waals surface area contributed by atoms with Crippen molar-refractivity contribution < 1.29 is 19.1 Å².